The molecule has 0 saturated carbocycles. The minimum Gasteiger partial charge on any atom is -0.289 e. The zero-order valence-corrected chi connectivity index (χ0v) is 4.57. The molecule has 0 spiro atoms. The van der Waals surface area contributed by atoms with Crippen molar-refractivity contribution in [2.75, 3.05) is 5.75 Å². The van der Waals surface area contributed by atoms with E-state index in [2.05, 4.69) is 0 Å². The Bertz CT molecular complexity index is 121. The van der Waals surface area contributed by atoms with Gasteiger partial charge in [0, 0.05) is 6.08 Å². The molecule has 38 valence electrons. The van der Waals surface area contributed by atoms with Crippen molar-refractivity contribution < 1.29 is 4.79 Å². The summed E-state index contributed by atoms with van der Waals surface area (Å²) in [7, 11) is 0. The summed E-state index contributed by atoms with van der Waals surface area (Å²) in [6.07, 6.45) is 1.54. The van der Waals surface area contributed by atoms with Crippen LogP contribution in [-0.2, 0) is 15.9 Å². The number of carbonyl (C=O) groups excluding carboxylic acids is 1. The molecule has 0 aromatic heterocycles. The van der Waals surface area contributed by atoms with Gasteiger partial charge in [0.25, 0.3) is 0 Å². The van der Waals surface area contributed by atoms with E-state index >= 15 is 0 Å². The van der Waals surface area contributed by atoms with Crippen molar-refractivity contribution >= 4 is 16.9 Å². The maximum absolute atomic E-state index is 10.3. The van der Waals surface area contributed by atoms with Crippen molar-refractivity contribution in [1.82, 2.24) is 0 Å². The monoisotopic (exact) mass is 116 g/mol. The zero-order valence-electron chi connectivity index (χ0n) is 3.76. The van der Waals surface area contributed by atoms with Crippen LogP contribution in [0, 0.1) is 0 Å². The predicted octanol–water partition coefficient (Wildman–Crippen LogP) is -0.425. The van der Waals surface area contributed by atoms with Gasteiger partial charge in [0.05, 0.1) is 0 Å². The molecule has 0 aliphatic carbocycles. The van der Waals surface area contributed by atoms with E-state index in [0.29, 0.717) is 5.75 Å². The van der Waals surface area contributed by atoms with Crippen LogP contribution in [0.4, 0.5) is 0 Å². The Hall–Kier alpha value is -0.280. The van der Waals surface area contributed by atoms with Crippen LogP contribution in [0.25, 0.3) is 0 Å². The first kappa shape index (κ1) is 4.87. The van der Waals surface area contributed by atoms with Gasteiger partial charge in [0.15, 0.2) is 5.75 Å². The lowest BCUT2D eigenvalue weighted by Gasteiger charge is -1.77. The Morgan fingerprint density at radius 2 is 2.57 bits per heavy atom. The van der Waals surface area contributed by atoms with E-state index in [1.165, 1.54) is 0 Å². The molecule has 1 aliphatic rings. The highest BCUT2D eigenvalue weighted by molar-refractivity contribution is 7.98. The summed E-state index contributed by atoms with van der Waals surface area (Å²) in [6.45, 7) is 0. The van der Waals surface area contributed by atoms with Gasteiger partial charge in [0.2, 0.25) is 5.78 Å². The smallest absolute Gasteiger partial charge is 0.211 e. The van der Waals surface area contributed by atoms with Crippen LogP contribution < -0.4 is 5.14 Å². The van der Waals surface area contributed by atoms with Gasteiger partial charge in [-0.2, -0.15) is 0 Å². The van der Waals surface area contributed by atoms with Gasteiger partial charge in [0.1, 0.15) is 16.5 Å². The number of carbonyl (C=O) groups is 1. The lowest BCUT2D eigenvalue weighted by atomic mass is 10.5. The fourth-order valence-corrected chi connectivity index (χ4v) is 1.27. The van der Waals surface area contributed by atoms with Crippen molar-refractivity contribution in [3.8, 4) is 0 Å². The van der Waals surface area contributed by atoms with E-state index in [4.69, 9.17) is 5.14 Å². The third-order valence-corrected chi connectivity index (χ3v) is 1.84. The third-order valence-electron chi connectivity index (χ3n) is 0.738. The highest BCUT2D eigenvalue weighted by atomic mass is 32.2. The first-order chi connectivity index (χ1) is 3.29. The van der Waals surface area contributed by atoms with E-state index < -0.39 is 0 Å². The molecule has 0 aromatic carbocycles. The molecule has 0 aromatic rings. The van der Waals surface area contributed by atoms with Crippen LogP contribution >= 0.6 is 0 Å². The molecule has 2 N–H and O–H groups in total. The van der Waals surface area contributed by atoms with Crippen LogP contribution in [0.3, 0.4) is 0 Å². The maximum Gasteiger partial charge on any atom is 0.211 e. The normalized spacial score (nSPS) is 29.3. The number of nitrogens with two attached hydrogens (primary N) is 1. The molecule has 0 saturated heterocycles. The summed E-state index contributed by atoms with van der Waals surface area (Å²) < 4.78 is 0. The molecule has 7 heavy (non-hydrogen) atoms. The van der Waals surface area contributed by atoms with Gasteiger partial charge in [-0.1, -0.05) is 0 Å². The average Bonchev–Trinajstić information content (AvgIpc) is 1.87. The fourth-order valence-electron chi connectivity index (χ4n) is 0.424. The van der Waals surface area contributed by atoms with Crippen molar-refractivity contribution in [2.24, 2.45) is 5.14 Å². The Kier molecular flexibility index (Phi) is 1.17. The van der Waals surface area contributed by atoms with Crippen LogP contribution in [0.2, 0.25) is 0 Å². The van der Waals surface area contributed by atoms with E-state index in [1.807, 2.05) is 0 Å². The Morgan fingerprint density at radius 3 is 2.71 bits per heavy atom. The fraction of sp³-hybridized carbons (Fsp3) is 0.250. The SMILES string of the molecule is N[S+]1C=CC(=O)C1. The van der Waals surface area contributed by atoms with Gasteiger partial charge >= 0.3 is 0 Å². The molecular formula is C4H6NOS+. The molecule has 1 heterocycles. The summed E-state index contributed by atoms with van der Waals surface area (Å²) in [4.78, 5) is 10.3. The van der Waals surface area contributed by atoms with Gasteiger partial charge in [-0.3, -0.25) is 4.79 Å². The van der Waals surface area contributed by atoms with Crippen LogP contribution in [0.5, 0.6) is 0 Å². The Morgan fingerprint density at radius 1 is 1.86 bits per heavy atom. The lowest BCUT2D eigenvalue weighted by Crippen LogP contribution is -2.13. The van der Waals surface area contributed by atoms with Gasteiger partial charge < -0.3 is 0 Å². The quantitative estimate of drug-likeness (QED) is 0.437. The molecular weight excluding hydrogens is 110 g/mol. The first-order valence-corrected chi connectivity index (χ1v) is 3.46. The molecule has 3 heteroatoms. The van der Waals surface area contributed by atoms with Crippen molar-refractivity contribution in [2.45, 2.75) is 0 Å². The first-order valence-electron chi connectivity index (χ1n) is 1.94. The summed E-state index contributed by atoms with van der Waals surface area (Å²) in [6, 6.07) is 0. The third kappa shape index (κ3) is 1.04. The molecule has 0 amide bonds. The molecule has 0 bridgehead atoms. The van der Waals surface area contributed by atoms with Crippen molar-refractivity contribution in [3.63, 3.8) is 0 Å². The van der Waals surface area contributed by atoms with Crippen molar-refractivity contribution in [1.29, 1.82) is 0 Å². The summed E-state index contributed by atoms with van der Waals surface area (Å²) in [5.74, 6) is 0.686. The second-order valence-electron chi connectivity index (χ2n) is 1.38. The highest BCUT2D eigenvalue weighted by Crippen LogP contribution is 1.98. The largest absolute Gasteiger partial charge is 0.289 e. The summed E-state index contributed by atoms with van der Waals surface area (Å²) >= 11 is -0.233. The number of ketones is 1. The minimum atomic E-state index is -0.233. The van der Waals surface area contributed by atoms with Gasteiger partial charge in [-0.05, 0) is 0 Å². The predicted molar refractivity (Wildman–Crippen MR) is 30.6 cm³/mol. The molecule has 1 aliphatic heterocycles. The molecule has 1 atom stereocenters. The molecule has 1 unspecified atom stereocenters. The van der Waals surface area contributed by atoms with Crippen LogP contribution in [0.1, 0.15) is 0 Å². The highest BCUT2D eigenvalue weighted by Gasteiger charge is 2.20. The Labute approximate surface area is 44.9 Å². The number of hydrogen-bond donors (Lipinski definition) is 1. The standard InChI is InChI=1S/C4H6NOS/c5-7-2-1-4(6)3-7/h1-2H,3,5H2/q+1. The topological polar surface area (TPSA) is 43.1 Å². The van der Waals surface area contributed by atoms with Gasteiger partial charge in [-0.25, -0.2) is 0 Å². The summed E-state index contributed by atoms with van der Waals surface area (Å²) in [5, 5.41) is 7.10. The number of rotatable bonds is 0. The molecule has 2 nitrogen and oxygen atoms in total. The van der Waals surface area contributed by atoms with E-state index in [9.17, 15) is 4.79 Å². The summed E-state index contributed by atoms with van der Waals surface area (Å²) in [5.41, 5.74) is 0. The van der Waals surface area contributed by atoms with E-state index in [0.717, 1.165) is 0 Å². The zero-order chi connectivity index (χ0) is 5.28. The van der Waals surface area contributed by atoms with E-state index in [-0.39, 0.29) is 16.9 Å². The second kappa shape index (κ2) is 1.68. The molecule has 0 radical (unpaired) electrons. The second-order valence-corrected chi connectivity index (χ2v) is 2.88. The Balaban J connectivity index is 2.58. The van der Waals surface area contributed by atoms with Crippen LogP contribution in [0.15, 0.2) is 11.5 Å². The molecule has 1 rings (SSSR count). The van der Waals surface area contributed by atoms with Gasteiger partial charge in [-0.15, -0.1) is 5.14 Å². The molecule has 0 fully saturated rings. The minimum absolute atomic E-state index is 0.158. The average molecular weight is 116 g/mol. The number of allylic oxidation sites excluding steroid dienone is 1. The van der Waals surface area contributed by atoms with Crippen LogP contribution in [-0.4, -0.2) is 11.5 Å². The van der Waals surface area contributed by atoms with E-state index in [1.54, 1.807) is 11.5 Å². The lowest BCUT2D eigenvalue weighted by molar-refractivity contribution is -0.112. The van der Waals surface area contributed by atoms with Crippen molar-refractivity contribution in [3.05, 3.63) is 11.5 Å². The maximum atomic E-state index is 10.3. The number of hydrogen-bond acceptors (Lipinski definition) is 2.